The SMILES string of the molecule is COC(=O)c1ncn(Cc2cc([N+](=O)[O-])ccc2OC)n1. The molecule has 0 saturated carbocycles. The maximum atomic E-state index is 11.3. The Hall–Kier alpha value is -2.97. The summed E-state index contributed by atoms with van der Waals surface area (Å²) in [7, 11) is 2.69. The molecule has 0 spiro atoms. The Morgan fingerprint density at radius 3 is 2.81 bits per heavy atom. The van der Waals surface area contributed by atoms with Gasteiger partial charge in [-0.05, 0) is 6.07 Å². The van der Waals surface area contributed by atoms with Gasteiger partial charge in [0.1, 0.15) is 12.1 Å². The zero-order valence-corrected chi connectivity index (χ0v) is 11.3. The molecule has 110 valence electrons. The predicted octanol–water partition coefficient (Wildman–Crippen LogP) is 1.03. The van der Waals surface area contributed by atoms with Gasteiger partial charge in [-0.15, -0.1) is 5.10 Å². The summed E-state index contributed by atoms with van der Waals surface area (Å²) < 4.78 is 11.0. The van der Waals surface area contributed by atoms with Crippen LogP contribution in [0.4, 0.5) is 5.69 Å². The normalized spacial score (nSPS) is 10.2. The Morgan fingerprint density at radius 1 is 1.43 bits per heavy atom. The number of nitro groups is 1. The first-order valence-electron chi connectivity index (χ1n) is 5.84. The molecule has 0 saturated heterocycles. The smallest absolute Gasteiger partial charge is 0.377 e. The van der Waals surface area contributed by atoms with Crippen molar-refractivity contribution in [3.8, 4) is 5.75 Å². The second-order valence-corrected chi connectivity index (χ2v) is 4.01. The molecule has 0 aliphatic carbocycles. The van der Waals surface area contributed by atoms with E-state index in [0.29, 0.717) is 11.3 Å². The number of hydrogen-bond acceptors (Lipinski definition) is 7. The molecule has 0 unspecified atom stereocenters. The minimum absolute atomic E-state index is 0.0564. The van der Waals surface area contributed by atoms with Gasteiger partial charge in [0.25, 0.3) is 11.5 Å². The fourth-order valence-corrected chi connectivity index (χ4v) is 1.73. The van der Waals surface area contributed by atoms with Gasteiger partial charge in [-0.1, -0.05) is 0 Å². The summed E-state index contributed by atoms with van der Waals surface area (Å²) >= 11 is 0. The molecule has 0 bridgehead atoms. The molecule has 2 aromatic rings. The van der Waals surface area contributed by atoms with Gasteiger partial charge in [0.2, 0.25) is 0 Å². The number of methoxy groups -OCH3 is 2. The Morgan fingerprint density at radius 2 is 2.19 bits per heavy atom. The fraction of sp³-hybridized carbons (Fsp3) is 0.250. The number of esters is 1. The summed E-state index contributed by atoms with van der Waals surface area (Å²) in [5, 5.41) is 14.7. The van der Waals surface area contributed by atoms with Gasteiger partial charge in [0, 0.05) is 17.7 Å². The number of carbonyl (C=O) groups is 1. The number of hydrogen-bond donors (Lipinski definition) is 0. The highest BCUT2D eigenvalue weighted by molar-refractivity contribution is 5.84. The predicted molar refractivity (Wildman–Crippen MR) is 70.1 cm³/mol. The molecule has 0 amide bonds. The average Bonchev–Trinajstić information content (AvgIpc) is 2.94. The van der Waals surface area contributed by atoms with Crippen molar-refractivity contribution in [2.75, 3.05) is 14.2 Å². The number of aromatic nitrogens is 3. The third-order valence-electron chi connectivity index (χ3n) is 2.71. The standard InChI is InChI=1S/C12H12N4O5/c1-20-10-4-3-9(16(18)19)5-8(10)6-15-7-13-11(14-15)12(17)21-2/h3-5,7H,6H2,1-2H3. The lowest BCUT2D eigenvalue weighted by Gasteiger charge is -2.07. The van der Waals surface area contributed by atoms with Crippen LogP contribution in [0.15, 0.2) is 24.5 Å². The first-order chi connectivity index (χ1) is 10.0. The monoisotopic (exact) mass is 292 g/mol. The van der Waals surface area contributed by atoms with Gasteiger partial charge < -0.3 is 9.47 Å². The summed E-state index contributed by atoms with van der Waals surface area (Å²) in [6.45, 7) is 0.175. The van der Waals surface area contributed by atoms with Crippen LogP contribution in [0.2, 0.25) is 0 Å². The first kappa shape index (κ1) is 14.4. The van der Waals surface area contributed by atoms with Gasteiger partial charge in [-0.25, -0.2) is 14.5 Å². The fourth-order valence-electron chi connectivity index (χ4n) is 1.73. The number of nitrogens with zero attached hydrogens (tertiary/aromatic N) is 4. The molecule has 0 fully saturated rings. The van der Waals surface area contributed by atoms with E-state index in [9.17, 15) is 14.9 Å². The lowest BCUT2D eigenvalue weighted by Crippen LogP contribution is -2.07. The summed E-state index contributed by atoms with van der Waals surface area (Å²) in [4.78, 5) is 25.4. The van der Waals surface area contributed by atoms with Crippen molar-refractivity contribution >= 4 is 11.7 Å². The lowest BCUT2D eigenvalue weighted by atomic mass is 10.2. The van der Waals surface area contributed by atoms with Crippen LogP contribution in [-0.2, 0) is 11.3 Å². The van der Waals surface area contributed by atoms with Crippen LogP contribution in [-0.4, -0.2) is 39.9 Å². The molecule has 9 nitrogen and oxygen atoms in total. The number of non-ortho nitro benzene ring substituents is 1. The highest BCUT2D eigenvalue weighted by atomic mass is 16.6. The Bertz CT molecular complexity index is 682. The highest BCUT2D eigenvalue weighted by Crippen LogP contribution is 2.24. The number of rotatable bonds is 5. The molecule has 0 radical (unpaired) electrons. The van der Waals surface area contributed by atoms with Crippen LogP contribution in [0.5, 0.6) is 5.75 Å². The third kappa shape index (κ3) is 3.14. The van der Waals surface area contributed by atoms with Crippen LogP contribution in [0.1, 0.15) is 16.2 Å². The van der Waals surface area contributed by atoms with Crippen molar-refractivity contribution in [2.45, 2.75) is 6.54 Å². The Kier molecular flexibility index (Phi) is 4.12. The second-order valence-electron chi connectivity index (χ2n) is 4.01. The van der Waals surface area contributed by atoms with Gasteiger partial charge >= 0.3 is 5.97 Å². The zero-order chi connectivity index (χ0) is 15.4. The molecule has 0 N–H and O–H groups in total. The van der Waals surface area contributed by atoms with E-state index < -0.39 is 10.9 Å². The van der Waals surface area contributed by atoms with Crippen LogP contribution in [0, 0.1) is 10.1 Å². The minimum atomic E-state index is -0.653. The quantitative estimate of drug-likeness (QED) is 0.460. The van der Waals surface area contributed by atoms with E-state index in [1.165, 1.54) is 43.4 Å². The molecular formula is C12H12N4O5. The van der Waals surface area contributed by atoms with E-state index in [2.05, 4.69) is 14.8 Å². The van der Waals surface area contributed by atoms with Gasteiger partial charge in [0.05, 0.1) is 25.7 Å². The van der Waals surface area contributed by atoms with E-state index in [-0.39, 0.29) is 18.1 Å². The van der Waals surface area contributed by atoms with E-state index in [1.54, 1.807) is 0 Å². The van der Waals surface area contributed by atoms with Crippen LogP contribution in [0.25, 0.3) is 0 Å². The van der Waals surface area contributed by atoms with Gasteiger partial charge in [-0.3, -0.25) is 10.1 Å². The van der Waals surface area contributed by atoms with Gasteiger partial charge in [0.15, 0.2) is 0 Å². The summed E-state index contributed by atoms with van der Waals surface area (Å²) in [6.07, 6.45) is 1.34. The van der Waals surface area contributed by atoms with Crippen molar-refractivity contribution in [1.29, 1.82) is 0 Å². The molecule has 0 aliphatic rings. The molecule has 1 aromatic carbocycles. The average molecular weight is 292 g/mol. The van der Waals surface area contributed by atoms with Crippen molar-refractivity contribution in [3.63, 3.8) is 0 Å². The topological polar surface area (TPSA) is 109 Å². The van der Waals surface area contributed by atoms with Crippen molar-refractivity contribution in [3.05, 3.63) is 46.0 Å². The van der Waals surface area contributed by atoms with E-state index in [0.717, 1.165) is 0 Å². The largest absolute Gasteiger partial charge is 0.496 e. The van der Waals surface area contributed by atoms with Crippen molar-refractivity contribution < 1.29 is 19.2 Å². The lowest BCUT2D eigenvalue weighted by molar-refractivity contribution is -0.384. The molecule has 0 atom stereocenters. The number of ether oxygens (including phenoxy) is 2. The Balaban J connectivity index is 2.29. The summed E-state index contributed by atoms with van der Waals surface area (Å²) in [5.41, 5.74) is 0.493. The van der Waals surface area contributed by atoms with Crippen LogP contribution in [0.3, 0.4) is 0 Å². The maximum Gasteiger partial charge on any atom is 0.377 e. The highest BCUT2D eigenvalue weighted by Gasteiger charge is 2.15. The molecule has 0 aliphatic heterocycles. The summed E-state index contributed by atoms with van der Waals surface area (Å²) in [6, 6.07) is 4.24. The molecule has 1 aromatic heterocycles. The first-order valence-corrected chi connectivity index (χ1v) is 5.84. The summed E-state index contributed by atoms with van der Waals surface area (Å²) in [5.74, 6) is -0.252. The molecule has 2 rings (SSSR count). The number of nitro benzene ring substituents is 1. The van der Waals surface area contributed by atoms with Crippen molar-refractivity contribution in [2.24, 2.45) is 0 Å². The van der Waals surface area contributed by atoms with Crippen LogP contribution >= 0.6 is 0 Å². The molecule has 21 heavy (non-hydrogen) atoms. The van der Waals surface area contributed by atoms with E-state index >= 15 is 0 Å². The van der Waals surface area contributed by atoms with E-state index in [1.807, 2.05) is 0 Å². The second kappa shape index (κ2) is 5.99. The number of carbonyl (C=O) groups excluding carboxylic acids is 1. The molecular weight excluding hydrogens is 280 g/mol. The maximum absolute atomic E-state index is 11.3. The van der Waals surface area contributed by atoms with Crippen LogP contribution < -0.4 is 4.74 Å². The zero-order valence-electron chi connectivity index (χ0n) is 11.3. The third-order valence-corrected chi connectivity index (χ3v) is 2.71. The van der Waals surface area contributed by atoms with Crippen molar-refractivity contribution in [1.82, 2.24) is 14.8 Å². The molecule has 1 heterocycles. The number of benzene rings is 1. The van der Waals surface area contributed by atoms with E-state index in [4.69, 9.17) is 4.74 Å². The molecule has 9 heteroatoms. The van der Waals surface area contributed by atoms with Gasteiger partial charge in [-0.2, -0.15) is 0 Å². The Labute approximate surface area is 119 Å². The minimum Gasteiger partial charge on any atom is -0.496 e.